The lowest BCUT2D eigenvalue weighted by Crippen LogP contribution is -2.46. The van der Waals surface area contributed by atoms with Crippen LogP contribution in [-0.2, 0) is 27.2 Å². The Balaban J connectivity index is 1.21. The van der Waals surface area contributed by atoms with Gasteiger partial charge in [-0.15, -0.1) is 0 Å². The van der Waals surface area contributed by atoms with E-state index in [9.17, 15) is 9.59 Å². The Bertz CT molecular complexity index is 715. The average molecular weight is 386 g/mol. The van der Waals surface area contributed by atoms with Gasteiger partial charge in [0.25, 0.3) is 0 Å². The van der Waals surface area contributed by atoms with Crippen molar-refractivity contribution < 1.29 is 14.3 Å². The van der Waals surface area contributed by atoms with Crippen LogP contribution in [0.1, 0.15) is 36.8 Å². The van der Waals surface area contributed by atoms with E-state index in [4.69, 9.17) is 4.74 Å². The second-order valence-corrected chi connectivity index (χ2v) is 8.33. The van der Waals surface area contributed by atoms with Gasteiger partial charge in [-0.05, 0) is 48.8 Å². The molecule has 0 bridgehead atoms. The van der Waals surface area contributed by atoms with Crippen LogP contribution in [0.2, 0.25) is 0 Å². The Morgan fingerprint density at radius 1 is 1.21 bits per heavy atom. The number of fused-ring (bicyclic) bond motifs is 1. The molecule has 2 saturated heterocycles. The number of amides is 2. The van der Waals surface area contributed by atoms with Crippen molar-refractivity contribution in [2.24, 2.45) is 5.92 Å². The molecule has 0 radical (unpaired) electrons. The van der Waals surface area contributed by atoms with Crippen molar-refractivity contribution in [2.45, 2.75) is 38.5 Å². The lowest BCUT2D eigenvalue weighted by Gasteiger charge is -2.36. The predicted molar refractivity (Wildman–Crippen MR) is 108 cm³/mol. The summed E-state index contributed by atoms with van der Waals surface area (Å²) in [6.07, 6.45) is 5.18. The Hall–Kier alpha value is -1.92. The van der Waals surface area contributed by atoms with Crippen molar-refractivity contribution in [2.75, 3.05) is 51.3 Å². The van der Waals surface area contributed by atoms with E-state index >= 15 is 0 Å². The van der Waals surface area contributed by atoms with Gasteiger partial charge in [0.05, 0.1) is 19.6 Å². The number of carbonyl (C=O) groups excluding carboxylic acids is 2. The molecule has 28 heavy (non-hydrogen) atoms. The molecule has 2 fully saturated rings. The van der Waals surface area contributed by atoms with Crippen LogP contribution in [0.5, 0.6) is 0 Å². The van der Waals surface area contributed by atoms with E-state index < -0.39 is 0 Å². The van der Waals surface area contributed by atoms with Crippen molar-refractivity contribution >= 4 is 17.5 Å². The van der Waals surface area contributed by atoms with Crippen LogP contribution in [0.3, 0.4) is 0 Å². The highest BCUT2D eigenvalue weighted by Crippen LogP contribution is 2.25. The van der Waals surface area contributed by atoms with E-state index in [-0.39, 0.29) is 5.91 Å². The maximum atomic E-state index is 12.7. The van der Waals surface area contributed by atoms with Gasteiger partial charge in [-0.2, -0.15) is 0 Å². The minimum absolute atomic E-state index is 0.0686. The summed E-state index contributed by atoms with van der Waals surface area (Å²) in [7, 11) is 0. The molecule has 3 aliphatic rings. The molecule has 1 aromatic carbocycles. The van der Waals surface area contributed by atoms with Gasteiger partial charge >= 0.3 is 0 Å². The van der Waals surface area contributed by atoms with Gasteiger partial charge in [-0.3, -0.25) is 14.5 Å². The van der Waals surface area contributed by atoms with Crippen molar-refractivity contribution in [1.82, 2.24) is 9.80 Å². The van der Waals surface area contributed by atoms with Gasteiger partial charge in [-0.25, -0.2) is 0 Å². The van der Waals surface area contributed by atoms with Gasteiger partial charge in [0.1, 0.15) is 0 Å². The van der Waals surface area contributed by atoms with Crippen LogP contribution in [0.4, 0.5) is 5.69 Å². The third-order valence-corrected chi connectivity index (χ3v) is 6.14. The molecule has 3 heterocycles. The third-order valence-electron chi connectivity index (χ3n) is 6.14. The topological polar surface area (TPSA) is 61.9 Å². The number of nitrogens with one attached hydrogen (secondary N) is 1. The molecule has 1 atom stereocenters. The van der Waals surface area contributed by atoms with Crippen LogP contribution in [0, 0.1) is 5.92 Å². The molecule has 0 aliphatic carbocycles. The highest BCUT2D eigenvalue weighted by molar-refractivity contribution is 5.99. The molecule has 6 heteroatoms. The fraction of sp³-hybridized carbons (Fsp3) is 0.636. The van der Waals surface area contributed by atoms with Crippen molar-refractivity contribution in [1.29, 1.82) is 0 Å². The van der Waals surface area contributed by atoms with Crippen LogP contribution in [-0.4, -0.2) is 67.6 Å². The number of anilines is 1. The standard InChI is InChI=1S/C22H31N3O3/c26-21-14-19-13-17(6-7-20(19)23-21)3-1-5-22(27)25-8-2-4-18(16-25)15-24-9-11-28-12-10-24/h6-7,13,18H,1-5,8-12,14-16H2,(H,23,26)/t18-/m1/s1. The number of carbonyl (C=O) groups is 2. The normalized spacial score (nSPS) is 22.8. The lowest BCUT2D eigenvalue weighted by molar-refractivity contribution is -0.133. The first-order valence-corrected chi connectivity index (χ1v) is 10.7. The summed E-state index contributed by atoms with van der Waals surface area (Å²) < 4.78 is 5.43. The molecule has 1 N–H and O–H groups in total. The quantitative estimate of drug-likeness (QED) is 0.814. The first-order valence-electron chi connectivity index (χ1n) is 10.7. The number of rotatable bonds is 6. The Morgan fingerprint density at radius 3 is 2.93 bits per heavy atom. The highest BCUT2D eigenvalue weighted by atomic mass is 16.5. The second kappa shape index (κ2) is 9.05. The fourth-order valence-electron chi connectivity index (χ4n) is 4.63. The van der Waals surface area contributed by atoms with Gasteiger partial charge < -0.3 is 15.0 Å². The SMILES string of the molecule is O=C1Cc2cc(CCCC(=O)N3CCC[C@H](CN4CCOCC4)C3)ccc2N1. The van der Waals surface area contributed by atoms with Crippen LogP contribution < -0.4 is 5.32 Å². The average Bonchev–Trinajstić information content (AvgIpc) is 3.08. The van der Waals surface area contributed by atoms with Crippen molar-refractivity contribution in [3.63, 3.8) is 0 Å². The Labute approximate surface area is 167 Å². The smallest absolute Gasteiger partial charge is 0.228 e. The van der Waals surface area contributed by atoms with E-state index in [0.29, 0.717) is 24.7 Å². The molecule has 0 unspecified atom stereocenters. The molecule has 1 aromatic rings. The van der Waals surface area contributed by atoms with E-state index in [1.54, 1.807) is 0 Å². The summed E-state index contributed by atoms with van der Waals surface area (Å²) in [4.78, 5) is 28.7. The predicted octanol–water partition coefficient (Wildman–Crippen LogP) is 2.07. The number of morpholine rings is 1. The van der Waals surface area contributed by atoms with Crippen molar-refractivity contribution in [3.05, 3.63) is 29.3 Å². The minimum Gasteiger partial charge on any atom is -0.379 e. The summed E-state index contributed by atoms with van der Waals surface area (Å²) in [6.45, 7) is 6.62. The van der Waals surface area contributed by atoms with Gasteiger partial charge in [0.15, 0.2) is 0 Å². The number of ether oxygens (including phenoxy) is 1. The molecule has 3 aliphatic heterocycles. The number of piperidine rings is 1. The monoisotopic (exact) mass is 385 g/mol. The van der Waals surface area contributed by atoms with Gasteiger partial charge in [0, 0.05) is 44.8 Å². The summed E-state index contributed by atoms with van der Waals surface area (Å²) in [5, 5.41) is 2.87. The first-order chi connectivity index (χ1) is 13.7. The second-order valence-electron chi connectivity index (χ2n) is 8.33. The molecule has 0 aromatic heterocycles. The molecule has 2 amide bonds. The number of hydrogen-bond donors (Lipinski definition) is 1. The van der Waals surface area contributed by atoms with Crippen LogP contribution in [0.25, 0.3) is 0 Å². The summed E-state index contributed by atoms with van der Waals surface area (Å²) in [6, 6.07) is 6.16. The fourth-order valence-corrected chi connectivity index (χ4v) is 4.63. The molecule has 0 saturated carbocycles. The zero-order valence-corrected chi connectivity index (χ0v) is 16.6. The van der Waals surface area contributed by atoms with E-state index in [0.717, 1.165) is 76.5 Å². The molecular weight excluding hydrogens is 354 g/mol. The van der Waals surface area contributed by atoms with Crippen LogP contribution >= 0.6 is 0 Å². The number of hydrogen-bond acceptors (Lipinski definition) is 4. The van der Waals surface area contributed by atoms with E-state index in [1.807, 2.05) is 6.07 Å². The van der Waals surface area contributed by atoms with Crippen molar-refractivity contribution in [3.8, 4) is 0 Å². The first kappa shape index (κ1) is 19.4. The molecular formula is C22H31N3O3. The summed E-state index contributed by atoms with van der Waals surface area (Å²) in [5.74, 6) is 0.960. The maximum Gasteiger partial charge on any atom is 0.228 e. The number of aryl methyl sites for hydroxylation is 1. The van der Waals surface area contributed by atoms with Gasteiger partial charge in [-0.1, -0.05) is 12.1 Å². The number of nitrogens with zero attached hydrogens (tertiary/aromatic N) is 2. The minimum atomic E-state index is 0.0686. The zero-order valence-electron chi connectivity index (χ0n) is 16.6. The number of likely N-dealkylation sites (tertiary alicyclic amines) is 1. The molecule has 0 spiro atoms. The Morgan fingerprint density at radius 2 is 2.07 bits per heavy atom. The van der Waals surface area contributed by atoms with E-state index in [1.165, 1.54) is 12.0 Å². The highest BCUT2D eigenvalue weighted by Gasteiger charge is 2.25. The third kappa shape index (κ3) is 4.92. The Kier molecular flexibility index (Phi) is 6.27. The maximum absolute atomic E-state index is 12.7. The lowest BCUT2D eigenvalue weighted by atomic mass is 9.96. The summed E-state index contributed by atoms with van der Waals surface area (Å²) >= 11 is 0. The molecule has 4 rings (SSSR count). The summed E-state index contributed by atoms with van der Waals surface area (Å²) in [5.41, 5.74) is 3.23. The van der Waals surface area contributed by atoms with Gasteiger partial charge in [0.2, 0.25) is 11.8 Å². The molecule has 152 valence electrons. The number of benzene rings is 1. The van der Waals surface area contributed by atoms with Crippen LogP contribution in [0.15, 0.2) is 18.2 Å². The van der Waals surface area contributed by atoms with E-state index in [2.05, 4.69) is 27.2 Å². The zero-order chi connectivity index (χ0) is 19.3. The largest absolute Gasteiger partial charge is 0.379 e. The molecule has 6 nitrogen and oxygen atoms in total.